The lowest BCUT2D eigenvalue weighted by atomic mass is 10.1. The van der Waals surface area contributed by atoms with E-state index >= 15 is 0 Å². The highest BCUT2D eigenvalue weighted by Crippen LogP contribution is 2.19. The molecule has 1 aromatic heterocycles. The van der Waals surface area contributed by atoms with Crippen molar-refractivity contribution < 1.29 is 13.2 Å². The summed E-state index contributed by atoms with van der Waals surface area (Å²) in [5.41, 5.74) is 0. The number of hydrogen-bond donors (Lipinski definition) is 1. The minimum atomic E-state index is -3.90. The Morgan fingerprint density at radius 3 is 2.38 bits per heavy atom. The minimum Gasteiger partial charge on any atom is -0.352 e. The largest absolute Gasteiger partial charge is 0.352 e. The molecule has 0 saturated heterocycles. The van der Waals surface area contributed by atoms with E-state index in [-0.39, 0.29) is 17.0 Å². The molecule has 0 saturated carbocycles. The second-order valence-electron chi connectivity index (χ2n) is 4.89. The molecule has 1 aromatic rings. The lowest BCUT2D eigenvalue weighted by molar-refractivity contribution is -0.124. The summed E-state index contributed by atoms with van der Waals surface area (Å²) in [5.74, 6) is 0.357. The average molecular weight is 336 g/mol. The number of aromatic nitrogens is 2. The molecule has 8 heteroatoms. The SMILES string of the molecule is CCc1nc(S(=O)(=O)Cl)cn1C(C)C(=O)NC(CC)CC. The van der Waals surface area contributed by atoms with Crippen molar-refractivity contribution in [2.45, 2.75) is 64.1 Å². The molecule has 1 N–H and O–H groups in total. The van der Waals surface area contributed by atoms with Gasteiger partial charge in [-0.15, -0.1) is 0 Å². The number of hydrogen-bond acceptors (Lipinski definition) is 4. The number of aryl methyl sites for hydroxylation is 1. The van der Waals surface area contributed by atoms with Crippen LogP contribution >= 0.6 is 10.7 Å². The molecule has 1 unspecified atom stereocenters. The van der Waals surface area contributed by atoms with E-state index in [2.05, 4.69) is 10.3 Å². The van der Waals surface area contributed by atoms with Gasteiger partial charge in [0.15, 0.2) is 5.03 Å². The zero-order valence-corrected chi connectivity index (χ0v) is 14.3. The van der Waals surface area contributed by atoms with E-state index in [1.54, 1.807) is 11.5 Å². The van der Waals surface area contributed by atoms with Crippen LogP contribution in [0.2, 0.25) is 0 Å². The van der Waals surface area contributed by atoms with Crippen molar-refractivity contribution in [3.8, 4) is 0 Å². The van der Waals surface area contributed by atoms with E-state index in [4.69, 9.17) is 10.7 Å². The van der Waals surface area contributed by atoms with Crippen LogP contribution < -0.4 is 5.32 Å². The van der Waals surface area contributed by atoms with E-state index in [1.165, 1.54) is 6.20 Å². The normalized spacial score (nSPS) is 13.4. The first-order valence-electron chi connectivity index (χ1n) is 7.07. The Morgan fingerprint density at radius 1 is 1.38 bits per heavy atom. The van der Waals surface area contributed by atoms with Crippen LogP contribution in [0.4, 0.5) is 0 Å². The summed E-state index contributed by atoms with van der Waals surface area (Å²) in [5, 5.41) is 2.72. The highest BCUT2D eigenvalue weighted by atomic mass is 35.7. The van der Waals surface area contributed by atoms with Crippen LogP contribution in [0.3, 0.4) is 0 Å². The summed E-state index contributed by atoms with van der Waals surface area (Å²) >= 11 is 0. The van der Waals surface area contributed by atoms with Crippen molar-refractivity contribution in [2.75, 3.05) is 0 Å². The van der Waals surface area contributed by atoms with Crippen molar-refractivity contribution >= 4 is 25.6 Å². The maximum atomic E-state index is 12.3. The van der Waals surface area contributed by atoms with Gasteiger partial charge in [-0.2, -0.15) is 0 Å². The topological polar surface area (TPSA) is 81.1 Å². The smallest absolute Gasteiger partial charge is 0.280 e. The third kappa shape index (κ3) is 4.44. The summed E-state index contributed by atoms with van der Waals surface area (Å²) in [7, 11) is 1.41. The summed E-state index contributed by atoms with van der Waals surface area (Å²) < 4.78 is 24.3. The van der Waals surface area contributed by atoms with E-state index in [1.807, 2.05) is 20.8 Å². The molecular formula is C13H22ClN3O3S. The van der Waals surface area contributed by atoms with Gasteiger partial charge in [0.05, 0.1) is 0 Å². The second kappa shape index (κ2) is 7.26. The Labute approximate surface area is 130 Å². The molecule has 1 heterocycles. The molecule has 6 nitrogen and oxygen atoms in total. The number of amides is 1. The standard InChI is InChI=1S/C13H22ClN3O3S/c1-5-10(6-2)15-13(18)9(4)17-8-12(21(14,19)20)16-11(17)7-3/h8-10H,5-7H2,1-4H3,(H,15,18). The number of carbonyl (C=O) groups excluding carboxylic acids is 1. The zero-order valence-electron chi connectivity index (χ0n) is 12.8. The Bertz CT molecular complexity index is 594. The fraction of sp³-hybridized carbons (Fsp3) is 0.692. The van der Waals surface area contributed by atoms with Crippen molar-refractivity contribution in [1.29, 1.82) is 0 Å². The van der Waals surface area contributed by atoms with Crippen LogP contribution in [-0.4, -0.2) is 29.9 Å². The summed E-state index contributed by atoms with van der Waals surface area (Å²) in [6.07, 6.45) is 3.52. The molecule has 1 amide bonds. The molecule has 0 aliphatic rings. The third-order valence-corrected chi connectivity index (χ3v) is 4.65. The summed E-state index contributed by atoms with van der Waals surface area (Å²) in [4.78, 5) is 16.2. The van der Waals surface area contributed by atoms with Gasteiger partial charge in [-0.3, -0.25) is 4.79 Å². The molecule has 0 aliphatic carbocycles. The predicted molar refractivity (Wildman–Crippen MR) is 81.9 cm³/mol. The molecule has 0 spiro atoms. The highest BCUT2D eigenvalue weighted by Gasteiger charge is 2.23. The van der Waals surface area contributed by atoms with Gasteiger partial charge < -0.3 is 9.88 Å². The van der Waals surface area contributed by atoms with Crippen molar-refractivity contribution in [3.63, 3.8) is 0 Å². The van der Waals surface area contributed by atoms with Gasteiger partial charge >= 0.3 is 0 Å². The summed E-state index contributed by atoms with van der Waals surface area (Å²) in [6.45, 7) is 7.57. The Balaban J connectivity index is 3.04. The van der Waals surface area contributed by atoms with Crippen LogP contribution in [0.1, 0.15) is 52.4 Å². The summed E-state index contributed by atoms with van der Waals surface area (Å²) in [6, 6.07) is -0.426. The van der Waals surface area contributed by atoms with Crippen LogP contribution in [0.15, 0.2) is 11.2 Å². The molecule has 1 atom stereocenters. The van der Waals surface area contributed by atoms with Gasteiger partial charge in [0.2, 0.25) is 5.91 Å². The van der Waals surface area contributed by atoms with E-state index in [0.29, 0.717) is 12.2 Å². The lowest BCUT2D eigenvalue weighted by Crippen LogP contribution is -2.38. The van der Waals surface area contributed by atoms with Crippen LogP contribution in [0, 0.1) is 0 Å². The van der Waals surface area contributed by atoms with Gasteiger partial charge in [-0.1, -0.05) is 20.8 Å². The maximum Gasteiger partial charge on any atom is 0.280 e. The minimum absolute atomic E-state index is 0.116. The van der Waals surface area contributed by atoms with E-state index < -0.39 is 15.1 Å². The van der Waals surface area contributed by atoms with Gasteiger partial charge in [-0.05, 0) is 19.8 Å². The van der Waals surface area contributed by atoms with Gasteiger partial charge in [0.25, 0.3) is 9.05 Å². The van der Waals surface area contributed by atoms with E-state index in [9.17, 15) is 13.2 Å². The molecule has 0 fully saturated rings. The Morgan fingerprint density at radius 2 is 1.95 bits per heavy atom. The number of rotatable bonds is 7. The zero-order chi connectivity index (χ0) is 16.2. The fourth-order valence-corrected chi connectivity index (χ4v) is 2.74. The van der Waals surface area contributed by atoms with Crippen molar-refractivity contribution in [2.24, 2.45) is 0 Å². The first-order chi connectivity index (χ1) is 9.74. The molecular weight excluding hydrogens is 314 g/mol. The van der Waals surface area contributed by atoms with Gasteiger partial charge in [0.1, 0.15) is 11.9 Å². The number of nitrogens with zero attached hydrogens (tertiary/aromatic N) is 2. The molecule has 0 bridgehead atoms. The number of nitrogens with one attached hydrogen (secondary N) is 1. The van der Waals surface area contributed by atoms with Gasteiger partial charge in [0, 0.05) is 29.3 Å². The fourth-order valence-electron chi connectivity index (χ4n) is 2.06. The molecule has 0 radical (unpaired) electrons. The van der Waals surface area contributed by atoms with Crippen LogP contribution in [0.5, 0.6) is 0 Å². The van der Waals surface area contributed by atoms with Crippen LogP contribution in [-0.2, 0) is 20.3 Å². The van der Waals surface area contributed by atoms with Gasteiger partial charge in [-0.25, -0.2) is 13.4 Å². The Hall–Kier alpha value is -1.08. The van der Waals surface area contributed by atoms with Crippen LogP contribution in [0.25, 0.3) is 0 Å². The second-order valence-corrected chi connectivity index (χ2v) is 7.40. The average Bonchev–Trinajstić information content (AvgIpc) is 2.87. The number of imidazole rings is 1. The van der Waals surface area contributed by atoms with Crippen molar-refractivity contribution in [1.82, 2.24) is 14.9 Å². The number of halogens is 1. The molecule has 0 aliphatic heterocycles. The molecule has 0 aromatic carbocycles. The van der Waals surface area contributed by atoms with Crippen molar-refractivity contribution in [3.05, 3.63) is 12.0 Å². The quantitative estimate of drug-likeness (QED) is 0.775. The first kappa shape index (κ1) is 18.0. The molecule has 1 rings (SSSR count). The Kier molecular flexibility index (Phi) is 6.22. The highest BCUT2D eigenvalue weighted by molar-refractivity contribution is 8.13. The number of carbonyl (C=O) groups is 1. The first-order valence-corrected chi connectivity index (χ1v) is 9.38. The maximum absolute atomic E-state index is 12.3. The third-order valence-electron chi connectivity index (χ3n) is 3.48. The molecule has 120 valence electrons. The lowest BCUT2D eigenvalue weighted by Gasteiger charge is -2.20. The molecule has 21 heavy (non-hydrogen) atoms. The predicted octanol–water partition coefficient (Wildman–Crippen LogP) is 2.24. The van der Waals surface area contributed by atoms with E-state index in [0.717, 1.165) is 12.8 Å². The monoisotopic (exact) mass is 335 g/mol.